The molecule has 0 radical (unpaired) electrons. The highest BCUT2D eigenvalue weighted by Crippen LogP contribution is 2.18. The topological polar surface area (TPSA) is 57.5 Å². The SMILES string of the molecule is O=C(O)CCCCCCCCCCCCCCCCCCCCCCCCCCCCCCCCCCCCCCCCCCCO. The first-order valence-corrected chi connectivity index (χ1v) is 22.1. The summed E-state index contributed by atoms with van der Waals surface area (Å²) in [5, 5.41) is 17.5. The Morgan fingerprint density at radius 2 is 0.362 bits per heavy atom. The van der Waals surface area contributed by atoms with Gasteiger partial charge in [0.25, 0.3) is 0 Å². The van der Waals surface area contributed by atoms with Gasteiger partial charge in [-0.2, -0.15) is 0 Å². The number of rotatable bonds is 43. The normalized spacial score (nSPS) is 11.5. The molecule has 0 spiro atoms. The summed E-state index contributed by atoms with van der Waals surface area (Å²) in [5.74, 6) is -0.648. The molecule has 282 valence electrons. The van der Waals surface area contributed by atoms with E-state index in [1.165, 1.54) is 244 Å². The lowest BCUT2D eigenvalue weighted by molar-refractivity contribution is -0.137. The van der Waals surface area contributed by atoms with Gasteiger partial charge in [-0.3, -0.25) is 4.79 Å². The number of aliphatic carboxylic acids is 1. The number of unbranched alkanes of at least 4 members (excludes halogenated alkanes) is 40. The van der Waals surface area contributed by atoms with Crippen LogP contribution in [0.15, 0.2) is 0 Å². The van der Waals surface area contributed by atoms with Crippen molar-refractivity contribution in [2.45, 2.75) is 270 Å². The van der Waals surface area contributed by atoms with Gasteiger partial charge in [0.1, 0.15) is 0 Å². The third-order valence-corrected chi connectivity index (χ3v) is 10.5. The molecule has 0 rings (SSSR count). The minimum atomic E-state index is -0.648. The van der Waals surface area contributed by atoms with E-state index in [0.717, 1.165) is 19.3 Å². The zero-order chi connectivity index (χ0) is 34.0. The number of carboxylic acid groups (broad SMARTS) is 1. The van der Waals surface area contributed by atoms with Crippen molar-refractivity contribution in [1.29, 1.82) is 0 Å². The molecule has 0 heterocycles. The Bertz CT molecular complexity index is 562. The second kappa shape index (κ2) is 43.5. The van der Waals surface area contributed by atoms with Crippen molar-refractivity contribution in [3.05, 3.63) is 0 Å². The summed E-state index contributed by atoms with van der Waals surface area (Å²) in [5.41, 5.74) is 0. The average Bonchev–Trinajstić information content (AvgIpc) is 3.07. The van der Waals surface area contributed by atoms with E-state index in [0.29, 0.717) is 13.0 Å². The first kappa shape index (κ1) is 46.4. The van der Waals surface area contributed by atoms with Crippen LogP contribution in [0.1, 0.15) is 270 Å². The first-order valence-electron chi connectivity index (χ1n) is 22.1. The molecular weight excluding hydrogens is 576 g/mol. The molecule has 3 heteroatoms. The van der Waals surface area contributed by atoms with E-state index >= 15 is 0 Å². The highest BCUT2D eigenvalue weighted by atomic mass is 16.4. The first-order chi connectivity index (χ1) is 23.3. The van der Waals surface area contributed by atoms with E-state index in [1.807, 2.05) is 0 Å². The van der Waals surface area contributed by atoms with Crippen molar-refractivity contribution in [1.82, 2.24) is 0 Å². The van der Waals surface area contributed by atoms with Gasteiger partial charge in [0.2, 0.25) is 0 Å². The van der Waals surface area contributed by atoms with Crippen molar-refractivity contribution in [3.8, 4) is 0 Å². The smallest absolute Gasteiger partial charge is 0.303 e. The maximum atomic E-state index is 10.5. The molecule has 47 heavy (non-hydrogen) atoms. The van der Waals surface area contributed by atoms with Crippen LogP contribution in [-0.2, 0) is 4.79 Å². The third kappa shape index (κ3) is 45.4. The highest BCUT2D eigenvalue weighted by Gasteiger charge is 1.99. The summed E-state index contributed by atoms with van der Waals surface area (Å²) in [6, 6.07) is 0. The molecule has 0 fully saturated rings. The number of hydrogen-bond donors (Lipinski definition) is 2. The fourth-order valence-corrected chi connectivity index (χ4v) is 7.28. The molecule has 0 aliphatic heterocycles. The van der Waals surface area contributed by atoms with Crippen LogP contribution in [0.2, 0.25) is 0 Å². The molecule has 0 bridgehead atoms. The summed E-state index contributed by atoms with van der Waals surface area (Å²) in [6.07, 6.45) is 57.5. The number of aliphatic hydroxyl groups is 1. The van der Waals surface area contributed by atoms with Crippen LogP contribution in [-0.4, -0.2) is 22.8 Å². The molecule has 2 N–H and O–H groups in total. The highest BCUT2D eigenvalue weighted by molar-refractivity contribution is 5.66. The average molecular weight is 665 g/mol. The Hall–Kier alpha value is -0.570. The summed E-state index contributed by atoms with van der Waals surface area (Å²) >= 11 is 0. The van der Waals surface area contributed by atoms with Gasteiger partial charge in [-0.25, -0.2) is 0 Å². The van der Waals surface area contributed by atoms with Gasteiger partial charge >= 0.3 is 5.97 Å². The lowest BCUT2D eigenvalue weighted by Crippen LogP contribution is -1.93. The standard InChI is InChI=1S/C44H88O3/c45-43-41-39-37-35-33-31-29-27-25-23-21-19-17-15-13-11-9-7-5-3-1-2-4-6-8-10-12-14-16-18-20-22-24-26-28-30-32-34-36-38-40-42-44(46)47/h45H,1-43H2,(H,46,47). The predicted molar refractivity (Wildman–Crippen MR) is 209 cm³/mol. The van der Waals surface area contributed by atoms with Gasteiger partial charge in [-0.15, -0.1) is 0 Å². The van der Waals surface area contributed by atoms with E-state index in [1.54, 1.807) is 0 Å². The number of aliphatic hydroxyl groups excluding tert-OH is 1. The molecule has 0 aliphatic carbocycles. The van der Waals surface area contributed by atoms with Crippen LogP contribution in [0.3, 0.4) is 0 Å². The second-order valence-corrected chi connectivity index (χ2v) is 15.4. The fraction of sp³-hybridized carbons (Fsp3) is 0.977. The second-order valence-electron chi connectivity index (χ2n) is 15.4. The van der Waals surface area contributed by atoms with Crippen LogP contribution >= 0.6 is 0 Å². The van der Waals surface area contributed by atoms with E-state index in [4.69, 9.17) is 10.2 Å². The molecule has 0 aromatic rings. The summed E-state index contributed by atoms with van der Waals surface area (Å²) in [4.78, 5) is 10.5. The Labute approximate surface area is 296 Å². The Morgan fingerprint density at radius 3 is 0.489 bits per heavy atom. The predicted octanol–water partition coefficient (Wildman–Crippen LogP) is 15.4. The van der Waals surface area contributed by atoms with Crippen LogP contribution in [0.25, 0.3) is 0 Å². The van der Waals surface area contributed by atoms with Gasteiger partial charge in [0.15, 0.2) is 0 Å². The molecule has 0 amide bonds. The monoisotopic (exact) mass is 665 g/mol. The number of carbonyl (C=O) groups is 1. The number of hydrogen-bond acceptors (Lipinski definition) is 2. The molecular formula is C44H88O3. The van der Waals surface area contributed by atoms with Gasteiger partial charge in [0.05, 0.1) is 0 Å². The Kier molecular flexibility index (Phi) is 42.9. The molecule has 0 saturated heterocycles. The maximum Gasteiger partial charge on any atom is 0.303 e. The van der Waals surface area contributed by atoms with Gasteiger partial charge < -0.3 is 10.2 Å². The molecule has 0 unspecified atom stereocenters. The zero-order valence-electron chi connectivity index (χ0n) is 32.2. The molecule has 0 atom stereocenters. The zero-order valence-corrected chi connectivity index (χ0v) is 32.2. The van der Waals surface area contributed by atoms with Gasteiger partial charge in [-0.1, -0.05) is 250 Å². The largest absolute Gasteiger partial charge is 0.481 e. The van der Waals surface area contributed by atoms with Crippen molar-refractivity contribution in [2.75, 3.05) is 6.61 Å². The lowest BCUT2D eigenvalue weighted by Gasteiger charge is -2.05. The van der Waals surface area contributed by atoms with Crippen LogP contribution in [0.5, 0.6) is 0 Å². The quantitative estimate of drug-likeness (QED) is 0.0638. The minimum Gasteiger partial charge on any atom is -0.481 e. The molecule has 3 nitrogen and oxygen atoms in total. The van der Waals surface area contributed by atoms with Crippen LogP contribution in [0.4, 0.5) is 0 Å². The molecule has 0 aromatic heterocycles. The van der Waals surface area contributed by atoms with E-state index in [2.05, 4.69) is 0 Å². The fourth-order valence-electron chi connectivity index (χ4n) is 7.28. The summed E-state index contributed by atoms with van der Waals surface area (Å²) in [7, 11) is 0. The summed E-state index contributed by atoms with van der Waals surface area (Å²) in [6.45, 7) is 0.370. The minimum absolute atomic E-state index is 0.345. The molecule has 0 aromatic carbocycles. The van der Waals surface area contributed by atoms with E-state index in [9.17, 15) is 4.79 Å². The summed E-state index contributed by atoms with van der Waals surface area (Å²) < 4.78 is 0. The Morgan fingerprint density at radius 1 is 0.234 bits per heavy atom. The molecule has 0 saturated carbocycles. The third-order valence-electron chi connectivity index (χ3n) is 10.5. The number of carboxylic acids is 1. The van der Waals surface area contributed by atoms with Crippen molar-refractivity contribution in [3.63, 3.8) is 0 Å². The maximum absolute atomic E-state index is 10.5. The van der Waals surface area contributed by atoms with Gasteiger partial charge in [0, 0.05) is 13.0 Å². The van der Waals surface area contributed by atoms with E-state index < -0.39 is 5.97 Å². The van der Waals surface area contributed by atoms with E-state index in [-0.39, 0.29) is 0 Å². The van der Waals surface area contributed by atoms with Crippen LogP contribution < -0.4 is 0 Å². The van der Waals surface area contributed by atoms with Gasteiger partial charge in [-0.05, 0) is 12.8 Å². The molecule has 0 aliphatic rings. The van der Waals surface area contributed by atoms with Crippen molar-refractivity contribution < 1.29 is 15.0 Å². The van der Waals surface area contributed by atoms with Crippen molar-refractivity contribution in [2.24, 2.45) is 0 Å². The van der Waals surface area contributed by atoms with Crippen molar-refractivity contribution >= 4 is 5.97 Å². The lowest BCUT2D eigenvalue weighted by atomic mass is 10.0. The Balaban J connectivity index is 3.04. The van der Waals surface area contributed by atoms with Crippen LogP contribution in [0, 0.1) is 0 Å².